The lowest BCUT2D eigenvalue weighted by atomic mass is 10.0. The predicted octanol–water partition coefficient (Wildman–Crippen LogP) is 5.79. The highest BCUT2D eigenvalue weighted by molar-refractivity contribution is 7.80. The Morgan fingerprint density at radius 2 is 1.95 bits per heavy atom. The second-order valence-electron chi connectivity index (χ2n) is 9.25. The highest BCUT2D eigenvalue weighted by Crippen LogP contribution is 2.40. The topological polar surface area (TPSA) is 75.1 Å². The molecule has 2 N–H and O–H groups in total. The van der Waals surface area contributed by atoms with Crippen LogP contribution in [0.2, 0.25) is 0 Å². The SMILES string of the molecule is Cc1cccc(NC(=O)CCN2C(=S)N[C@@H](c3ccccn3)[C@@H]2c2cccn2-c2nc3ccccc3s2)c1. The van der Waals surface area contributed by atoms with Crippen molar-refractivity contribution in [2.24, 2.45) is 0 Å². The minimum atomic E-state index is -0.175. The fourth-order valence-electron chi connectivity index (χ4n) is 4.91. The van der Waals surface area contributed by atoms with Gasteiger partial charge in [-0.3, -0.25) is 14.3 Å². The highest BCUT2D eigenvalue weighted by atomic mass is 32.1. The van der Waals surface area contributed by atoms with Crippen LogP contribution >= 0.6 is 23.6 Å². The molecule has 0 saturated carbocycles. The van der Waals surface area contributed by atoms with Crippen molar-refractivity contribution in [2.45, 2.75) is 25.4 Å². The van der Waals surface area contributed by atoms with Crippen LogP contribution in [0.4, 0.5) is 5.69 Å². The molecule has 1 amide bonds. The smallest absolute Gasteiger partial charge is 0.226 e. The van der Waals surface area contributed by atoms with Crippen LogP contribution in [0.3, 0.4) is 0 Å². The number of pyridine rings is 1. The fraction of sp³-hybridized carbons (Fsp3) is 0.172. The number of amides is 1. The predicted molar refractivity (Wildman–Crippen MR) is 156 cm³/mol. The van der Waals surface area contributed by atoms with Gasteiger partial charge in [-0.25, -0.2) is 4.98 Å². The van der Waals surface area contributed by atoms with E-state index in [1.165, 1.54) is 0 Å². The van der Waals surface area contributed by atoms with E-state index < -0.39 is 0 Å². The zero-order chi connectivity index (χ0) is 26.1. The van der Waals surface area contributed by atoms with E-state index >= 15 is 0 Å². The number of fused-ring (bicyclic) bond motifs is 1. The Morgan fingerprint density at radius 1 is 1.08 bits per heavy atom. The molecule has 190 valence electrons. The molecule has 7 nitrogen and oxygen atoms in total. The lowest BCUT2D eigenvalue weighted by Crippen LogP contribution is -2.33. The van der Waals surface area contributed by atoms with Crippen molar-refractivity contribution < 1.29 is 4.79 Å². The summed E-state index contributed by atoms with van der Waals surface area (Å²) in [5.41, 5.74) is 4.79. The third-order valence-electron chi connectivity index (χ3n) is 6.65. The summed E-state index contributed by atoms with van der Waals surface area (Å²) in [6, 6.07) is 25.6. The number of carbonyl (C=O) groups excluding carboxylic acids is 1. The molecule has 5 aromatic rings. The first kappa shape index (κ1) is 24.3. The van der Waals surface area contributed by atoms with E-state index in [-0.39, 0.29) is 18.0 Å². The molecular formula is C29H26N6OS2. The van der Waals surface area contributed by atoms with Crippen LogP contribution < -0.4 is 10.6 Å². The van der Waals surface area contributed by atoms with Gasteiger partial charge >= 0.3 is 0 Å². The number of nitrogens with zero attached hydrogens (tertiary/aromatic N) is 4. The number of benzene rings is 2. The van der Waals surface area contributed by atoms with Gasteiger partial charge in [-0.05, 0) is 73.2 Å². The summed E-state index contributed by atoms with van der Waals surface area (Å²) >= 11 is 7.46. The van der Waals surface area contributed by atoms with Crippen molar-refractivity contribution in [3.8, 4) is 5.13 Å². The van der Waals surface area contributed by atoms with Crippen molar-refractivity contribution in [1.29, 1.82) is 0 Å². The van der Waals surface area contributed by atoms with Crippen LogP contribution in [-0.4, -0.2) is 37.0 Å². The average molecular weight is 539 g/mol. The molecule has 3 aromatic heterocycles. The monoisotopic (exact) mass is 538 g/mol. The number of thiazole rings is 1. The number of anilines is 1. The summed E-state index contributed by atoms with van der Waals surface area (Å²) in [7, 11) is 0. The molecule has 1 aliphatic rings. The zero-order valence-corrected chi connectivity index (χ0v) is 22.4. The molecule has 2 atom stereocenters. The van der Waals surface area contributed by atoms with E-state index in [2.05, 4.69) is 37.2 Å². The lowest BCUT2D eigenvalue weighted by Gasteiger charge is -2.28. The van der Waals surface area contributed by atoms with Crippen molar-refractivity contribution in [2.75, 3.05) is 11.9 Å². The van der Waals surface area contributed by atoms with Crippen LogP contribution in [0.25, 0.3) is 15.3 Å². The van der Waals surface area contributed by atoms with Crippen LogP contribution in [0, 0.1) is 6.92 Å². The Morgan fingerprint density at radius 3 is 2.76 bits per heavy atom. The van der Waals surface area contributed by atoms with Gasteiger partial charge in [-0.15, -0.1) is 0 Å². The Kier molecular flexibility index (Phi) is 6.61. The Hall–Kier alpha value is -4.08. The van der Waals surface area contributed by atoms with Crippen LogP contribution in [0.15, 0.2) is 91.3 Å². The fourth-order valence-corrected chi connectivity index (χ4v) is 6.21. The quantitative estimate of drug-likeness (QED) is 0.256. The number of para-hydroxylation sites is 1. The second-order valence-corrected chi connectivity index (χ2v) is 10.7. The summed E-state index contributed by atoms with van der Waals surface area (Å²) in [4.78, 5) is 24.5. The van der Waals surface area contributed by atoms with Gasteiger partial charge in [-0.1, -0.05) is 41.7 Å². The van der Waals surface area contributed by atoms with Gasteiger partial charge in [0.1, 0.15) is 0 Å². The van der Waals surface area contributed by atoms with Crippen LogP contribution in [0.1, 0.15) is 35.5 Å². The first-order valence-electron chi connectivity index (χ1n) is 12.4. The third kappa shape index (κ3) is 4.78. The van der Waals surface area contributed by atoms with Crippen molar-refractivity contribution in [1.82, 2.24) is 24.8 Å². The number of aryl methyl sites for hydroxylation is 1. The first-order valence-corrected chi connectivity index (χ1v) is 13.7. The van der Waals surface area contributed by atoms with Gasteiger partial charge < -0.3 is 15.5 Å². The molecule has 0 spiro atoms. The summed E-state index contributed by atoms with van der Waals surface area (Å²) in [6.45, 7) is 2.47. The second kappa shape index (κ2) is 10.4. The van der Waals surface area contributed by atoms with Crippen molar-refractivity contribution in [3.05, 3.63) is 108 Å². The maximum absolute atomic E-state index is 12.9. The van der Waals surface area contributed by atoms with E-state index in [0.29, 0.717) is 18.1 Å². The zero-order valence-electron chi connectivity index (χ0n) is 20.7. The van der Waals surface area contributed by atoms with Gasteiger partial charge in [0.05, 0.1) is 33.7 Å². The highest BCUT2D eigenvalue weighted by Gasteiger charge is 2.41. The largest absolute Gasteiger partial charge is 0.352 e. The normalized spacial score (nSPS) is 17.1. The number of aromatic nitrogens is 3. The summed E-state index contributed by atoms with van der Waals surface area (Å²) in [5, 5.41) is 7.98. The van der Waals surface area contributed by atoms with Crippen LogP contribution in [-0.2, 0) is 4.79 Å². The minimum Gasteiger partial charge on any atom is -0.352 e. The molecule has 38 heavy (non-hydrogen) atoms. The molecule has 6 rings (SSSR count). The Bertz CT molecular complexity index is 1580. The molecule has 0 aliphatic carbocycles. The molecule has 0 bridgehead atoms. The van der Waals surface area contributed by atoms with Gasteiger partial charge in [-0.2, -0.15) is 0 Å². The molecule has 2 aromatic carbocycles. The van der Waals surface area contributed by atoms with E-state index in [0.717, 1.165) is 38.0 Å². The van der Waals surface area contributed by atoms with E-state index in [1.807, 2.05) is 79.9 Å². The van der Waals surface area contributed by atoms with Gasteiger partial charge in [0.25, 0.3) is 0 Å². The molecule has 9 heteroatoms. The number of hydrogen-bond acceptors (Lipinski definition) is 5. The number of thiocarbonyl (C=S) groups is 1. The third-order valence-corrected chi connectivity index (χ3v) is 8.04. The van der Waals surface area contributed by atoms with E-state index in [4.69, 9.17) is 17.2 Å². The molecule has 1 aliphatic heterocycles. The molecule has 0 radical (unpaired) electrons. The maximum Gasteiger partial charge on any atom is 0.226 e. The standard InChI is InChI=1S/C29H26N6OS2/c1-19-8-6-9-20(18-19)31-25(36)14-17-35-27(26(33-28(35)37)22-11-4-5-15-30-22)23-12-7-16-34(23)29-32-21-10-2-3-13-24(21)38-29/h2-13,15-16,18,26-27H,14,17H2,1H3,(H,31,36)(H,33,37)/t26-,27-/m0/s1. The molecule has 1 fully saturated rings. The molecular weight excluding hydrogens is 512 g/mol. The molecule has 0 unspecified atom stereocenters. The summed E-state index contributed by atoms with van der Waals surface area (Å²) in [6.07, 6.45) is 4.12. The number of rotatable bonds is 7. The number of hydrogen-bond donors (Lipinski definition) is 2. The minimum absolute atomic E-state index is 0.0556. The summed E-state index contributed by atoms with van der Waals surface area (Å²) < 4.78 is 3.26. The Labute approximate surface area is 230 Å². The maximum atomic E-state index is 12.9. The number of nitrogens with one attached hydrogen (secondary N) is 2. The van der Waals surface area contributed by atoms with Gasteiger partial charge in [0.15, 0.2) is 10.2 Å². The van der Waals surface area contributed by atoms with Gasteiger partial charge in [0, 0.05) is 31.0 Å². The Balaban J connectivity index is 1.32. The van der Waals surface area contributed by atoms with Crippen molar-refractivity contribution >= 4 is 50.5 Å². The number of carbonyl (C=O) groups is 1. The summed E-state index contributed by atoms with van der Waals surface area (Å²) in [5.74, 6) is -0.0556. The lowest BCUT2D eigenvalue weighted by molar-refractivity contribution is -0.116. The molecule has 4 heterocycles. The van der Waals surface area contributed by atoms with Crippen molar-refractivity contribution in [3.63, 3.8) is 0 Å². The van der Waals surface area contributed by atoms with Gasteiger partial charge in [0.2, 0.25) is 5.91 Å². The van der Waals surface area contributed by atoms with Crippen LogP contribution in [0.5, 0.6) is 0 Å². The van der Waals surface area contributed by atoms with E-state index in [1.54, 1.807) is 17.5 Å². The first-order chi connectivity index (χ1) is 18.6. The molecule has 1 saturated heterocycles. The van der Waals surface area contributed by atoms with E-state index in [9.17, 15) is 4.79 Å². The average Bonchev–Trinajstić information content (AvgIpc) is 3.64.